The van der Waals surface area contributed by atoms with Gasteiger partial charge in [0, 0.05) is 12.0 Å². The summed E-state index contributed by atoms with van der Waals surface area (Å²) in [6.07, 6.45) is 1.00. The Morgan fingerprint density at radius 1 is 1.35 bits per heavy atom. The summed E-state index contributed by atoms with van der Waals surface area (Å²) >= 11 is 0. The van der Waals surface area contributed by atoms with Gasteiger partial charge in [0.2, 0.25) is 0 Å². The van der Waals surface area contributed by atoms with Gasteiger partial charge in [0.25, 0.3) is 5.91 Å². The summed E-state index contributed by atoms with van der Waals surface area (Å²) in [5.74, 6) is -1.11. The van der Waals surface area contributed by atoms with Crippen molar-refractivity contribution in [3.8, 4) is 0 Å². The molecular formula is C14H21N3O3. The Hall–Kier alpha value is -1.98. The number of carbonyl (C=O) groups is 2. The van der Waals surface area contributed by atoms with E-state index in [9.17, 15) is 9.59 Å². The molecule has 0 fully saturated rings. The van der Waals surface area contributed by atoms with E-state index in [-0.39, 0.29) is 12.3 Å². The molecule has 0 atom stereocenters. The standard InChI is InChI=1S/C14H21N3O3/c1-5-11-10(8-9(2)16-17-11)13(20)15-14(3,4)7-6-12(18)19/h8H,5-7H2,1-4H3,(H,15,20)(H,18,19). The Balaban J connectivity index is 2.85. The lowest BCUT2D eigenvalue weighted by Gasteiger charge is -2.26. The third kappa shape index (κ3) is 4.60. The average Bonchev–Trinajstić information content (AvgIpc) is 2.36. The van der Waals surface area contributed by atoms with Crippen molar-refractivity contribution in [3.05, 3.63) is 23.0 Å². The van der Waals surface area contributed by atoms with E-state index < -0.39 is 11.5 Å². The minimum atomic E-state index is -0.872. The molecule has 20 heavy (non-hydrogen) atoms. The van der Waals surface area contributed by atoms with E-state index in [4.69, 9.17) is 5.11 Å². The Kier molecular flexibility index (Phi) is 5.19. The van der Waals surface area contributed by atoms with Gasteiger partial charge in [0.05, 0.1) is 17.0 Å². The van der Waals surface area contributed by atoms with Crippen molar-refractivity contribution in [2.45, 2.75) is 52.5 Å². The number of hydrogen-bond acceptors (Lipinski definition) is 4. The number of carboxylic acid groups (broad SMARTS) is 1. The molecular weight excluding hydrogens is 258 g/mol. The van der Waals surface area contributed by atoms with E-state index in [2.05, 4.69) is 15.5 Å². The van der Waals surface area contributed by atoms with Crippen LogP contribution in [0.15, 0.2) is 6.07 Å². The van der Waals surface area contributed by atoms with Crippen molar-refractivity contribution in [2.75, 3.05) is 0 Å². The maximum absolute atomic E-state index is 12.3. The zero-order valence-electron chi connectivity index (χ0n) is 12.4. The van der Waals surface area contributed by atoms with Crippen LogP contribution in [-0.4, -0.2) is 32.7 Å². The average molecular weight is 279 g/mol. The van der Waals surface area contributed by atoms with E-state index in [0.717, 1.165) is 0 Å². The second-order valence-corrected chi connectivity index (χ2v) is 5.43. The zero-order valence-corrected chi connectivity index (χ0v) is 12.4. The summed E-state index contributed by atoms with van der Waals surface area (Å²) in [4.78, 5) is 22.9. The molecule has 0 aliphatic rings. The van der Waals surface area contributed by atoms with Crippen LogP contribution in [0.5, 0.6) is 0 Å². The van der Waals surface area contributed by atoms with Crippen LogP contribution in [0.25, 0.3) is 0 Å². The summed E-state index contributed by atoms with van der Waals surface area (Å²) in [6, 6.07) is 1.70. The molecule has 0 saturated carbocycles. The van der Waals surface area contributed by atoms with Crippen molar-refractivity contribution in [1.82, 2.24) is 15.5 Å². The molecule has 6 heteroatoms. The molecule has 1 aromatic heterocycles. The fraction of sp³-hybridized carbons (Fsp3) is 0.571. The van der Waals surface area contributed by atoms with Gasteiger partial charge in [-0.05, 0) is 39.7 Å². The van der Waals surface area contributed by atoms with Gasteiger partial charge in [-0.2, -0.15) is 10.2 Å². The molecule has 1 aromatic rings. The predicted octanol–water partition coefficient (Wildman–Crippen LogP) is 1.72. The molecule has 0 spiro atoms. The summed E-state index contributed by atoms with van der Waals surface area (Å²) in [6.45, 7) is 7.30. The third-order valence-corrected chi connectivity index (χ3v) is 2.99. The highest BCUT2D eigenvalue weighted by atomic mass is 16.4. The molecule has 110 valence electrons. The highest BCUT2D eigenvalue weighted by molar-refractivity contribution is 5.95. The zero-order chi connectivity index (χ0) is 15.3. The van der Waals surface area contributed by atoms with Crippen molar-refractivity contribution >= 4 is 11.9 Å². The van der Waals surface area contributed by atoms with Crippen LogP contribution in [0.2, 0.25) is 0 Å². The number of amides is 1. The Morgan fingerprint density at radius 3 is 2.55 bits per heavy atom. The number of aliphatic carboxylic acids is 1. The minimum Gasteiger partial charge on any atom is -0.481 e. The Morgan fingerprint density at radius 2 is 2.00 bits per heavy atom. The number of nitrogens with zero attached hydrogens (tertiary/aromatic N) is 2. The number of rotatable bonds is 6. The van der Waals surface area contributed by atoms with Gasteiger partial charge < -0.3 is 10.4 Å². The van der Waals surface area contributed by atoms with Gasteiger partial charge in [-0.15, -0.1) is 0 Å². The number of carbonyl (C=O) groups excluding carboxylic acids is 1. The highest BCUT2D eigenvalue weighted by Crippen LogP contribution is 2.14. The Labute approximate surface area is 118 Å². The largest absolute Gasteiger partial charge is 0.481 e. The van der Waals surface area contributed by atoms with E-state index in [1.807, 2.05) is 6.92 Å². The van der Waals surface area contributed by atoms with Crippen LogP contribution in [0.1, 0.15) is 55.4 Å². The van der Waals surface area contributed by atoms with Gasteiger partial charge in [0.15, 0.2) is 0 Å². The molecule has 0 saturated heterocycles. The van der Waals surface area contributed by atoms with E-state index in [1.165, 1.54) is 0 Å². The molecule has 0 aromatic carbocycles. The molecule has 1 amide bonds. The molecule has 0 aliphatic carbocycles. The summed E-state index contributed by atoms with van der Waals surface area (Å²) in [5.41, 5.74) is 1.23. The van der Waals surface area contributed by atoms with Gasteiger partial charge >= 0.3 is 5.97 Å². The molecule has 0 radical (unpaired) electrons. The highest BCUT2D eigenvalue weighted by Gasteiger charge is 2.23. The smallest absolute Gasteiger partial charge is 0.303 e. The summed E-state index contributed by atoms with van der Waals surface area (Å²) in [7, 11) is 0. The molecule has 0 aliphatic heterocycles. The minimum absolute atomic E-state index is 0.0154. The maximum atomic E-state index is 12.3. The van der Waals surface area contributed by atoms with Crippen LogP contribution < -0.4 is 5.32 Å². The topological polar surface area (TPSA) is 92.2 Å². The number of hydrogen-bond donors (Lipinski definition) is 2. The van der Waals surface area contributed by atoms with Gasteiger partial charge in [0.1, 0.15) is 0 Å². The van der Waals surface area contributed by atoms with Crippen molar-refractivity contribution in [3.63, 3.8) is 0 Å². The molecule has 0 unspecified atom stereocenters. The van der Waals surface area contributed by atoms with Crippen LogP contribution in [0.3, 0.4) is 0 Å². The van der Waals surface area contributed by atoms with Crippen LogP contribution >= 0.6 is 0 Å². The van der Waals surface area contributed by atoms with Gasteiger partial charge in [-0.1, -0.05) is 6.92 Å². The predicted molar refractivity (Wildman–Crippen MR) is 74.6 cm³/mol. The van der Waals surface area contributed by atoms with E-state index >= 15 is 0 Å². The molecule has 0 bridgehead atoms. The fourth-order valence-electron chi connectivity index (χ4n) is 1.83. The quantitative estimate of drug-likeness (QED) is 0.827. The Bertz CT molecular complexity index is 512. The summed E-state index contributed by atoms with van der Waals surface area (Å²) < 4.78 is 0. The number of aromatic nitrogens is 2. The SMILES string of the molecule is CCc1nnc(C)cc1C(=O)NC(C)(C)CCC(=O)O. The molecule has 2 N–H and O–H groups in total. The third-order valence-electron chi connectivity index (χ3n) is 2.99. The lowest BCUT2D eigenvalue weighted by molar-refractivity contribution is -0.137. The van der Waals surface area contributed by atoms with Crippen molar-refractivity contribution in [2.24, 2.45) is 0 Å². The first kappa shape index (κ1) is 16.1. The van der Waals surface area contributed by atoms with Crippen LogP contribution in [-0.2, 0) is 11.2 Å². The maximum Gasteiger partial charge on any atom is 0.303 e. The molecule has 1 heterocycles. The monoisotopic (exact) mass is 279 g/mol. The van der Waals surface area contributed by atoms with Crippen LogP contribution in [0, 0.1) is 6.92 Å². The second-order valence-electron chi connectivity index (χ2n) is 5.43. The first-order valence-electron chi connectivity index (χ1n) is 6.62. The first-order valence-corrected chi connectivity index (χ1v) is 6.62. The molecule has 1 rings (SSSR count). The van der Waals surface area contributed by atoms with Crippen molar-refractivity contribution in [1.29, 1.82) is 0 Å². The normalized spacial score (nSPS) is 11.2. The lowest BCUT2D eigenvalue weighted by atomic mass is 9.97. The van der Waals surface area contributed by atoms with Crippen LogP contribution in [0.4, 0.5) is 0 Å². The lowest BCUT2D eigenvalue weighted by Crippen LogP contribution is -2.44. The summed E-state index contributed by atoms with van der Waals surface area (Å²) in [5, 5.41) is 19.5. The fourth-order valence-corrected chi connectivity index (χ4v) is 1.83. The first-order chi connectivity index (χ1) is 9.25. The second kappa shape index (κ2) is 6.45. The molecule has 6 nitrogen and oxygen atoms in total. The number of aryl methyl sites for hydroxylation is 2. The number of nitrogens with one attached hydrogen (secondary N) is 1. The number of carboxylic acids is 1. The van der Waals surface area contributed by atoms with E-state index in [1.54, 1.807) is 26.8 Å². The van der Waals surface area contributed by atoms with E-state index in [0.29, 0.717) is 29.8 Å². The van der Waals surface area contributed by atoms with Crippen molar-refractivity contribution < 1.29 is 14.7 Å². The van der Waals surface area contributed by atoms with Gasteiger partial charge in [-0.25, -0.2) is 0 Å². The van der Waals surface area contributed by atoms with Gasteiger partial charge in [-0.3, -0.25) is 9.59 Å².